The zero-order chi connectivity index (χ0) is 15.5. The Morgan fingerprint density at radius 1 is 1.29 bits per heavy atom. The molecule has 2 aromatic heterocycles. The van der Waals surface area contributed by atoms with Crippen LogP contribution in [0.2, 0.25) is 0 Å². The predicted molar refractivity (Wildman–Crippen MR) is 85.2 cm³/mol. The highest BCUT2D eigenvalue weighted by Crippen LogP contribution is 2.27. The number of ether oxygens (including phenoxy) is 1. The summed E-state index contributed by atoms with van der Waals surface area (Å²) < 4.78 is 5.26. The summed E-state index contributed by atoms with van der Waals surface area (Å²) in [6.45, 7) is 9.64. The lowest BCUT2D eigenvalue weighted by Crippen LogP contribution is -2.35. The summed E-state index contributed by atoms with van der Waals surface area (Å²) in [5.74, 6) is 0.755. The van der Waals surface area contributed by atoms with Crippen LogP contribution in [0.1, 0.15) is 37.2 Å². The molecule has 0 fully saturated rings. The van der Waals surface area contributed by atoms with Crippen LogP contribution in [-0.2, 0) is 17.9 Å². The summed E-state index contributed by atoms with van der Waals surface area (Å²) in [6.07, 6.45) is 1.77. The van der Waals surface area contributed by atoms with Crippen molar-refractivity contribution in [1.29, 1.82) is 0 Å². The van der Waals surface area contributed by atoms with Crippen molar-refractivity contribution in [2.45, 2.75) is 46.4 Å². The van der Waals surface area contributed by atoms with Crippen molar-refractivity contribution >= 4 is 11.3 Å². The van der Waals surface area contributed by atoms with Crippen LogP contribution >= 0.6 is 11.3 Å². The summed E-state index contributed by atoms with van der Waals surface area (Å²) in [5.41, 5.74) is 1.91. The molecule has 0 spiro atoms. The minimum Gasteiger partial charge on any atom is -0.378 e. The number of hydrogen-bond acceptors (Lipinski definition) is 6. The SMILES string of the molecule is COCc1nc(-c2ccnc(C)n2)sc1CNC(C)(C)C. The topological polar surface area (TPSA) is 59.9 Å². The normalized spacial score (nSPS) is 11.9. The summed E-state index contributed by atoms with van der Waals surface area (Å²) in [5, 5.41) is 4.41. The van der Waals surface area contributed by atoms with E-state index in [1.165, 1.54) is 4.88 Å². The summed E-state index contributed by atoms with van der Waals surface area (Å²) in [4.78, 5) is 14.4. The van der Waals surface area contributed by atoms with Crippen molar-refractivity contribution in [3.8, 4) is 10.7 Å². The van der Waals surface area contributed by atoms with Gasteiger partial charge in [-0.15, -0.1) is 11.3 Å². The fourth-order valence-corrected chi connectivity index (χ4v) is 2.78. The van der Waals surface area contributed by atoms with Gasteiger partial charge in [0.25, 0.3) is 0 Å². The van der Waals surface area contributed by atoms with E-state index in [9.17, 15) is 0 Å². The number of aryl methyl sites for hydroxylation is 1. The number of hydrogen-bond donors (Lipinski definition) is 1. The molecular formula is C15H22N4OS. The van der Waals surface area contributed by atoms with Crippen molar-refractivity contribution in [2.24, 2.45) is 0 Å². The third-order valence-corrected chi connectivity index (χ3v) is 3.95. The molecule has 21 heavy (non-hydrogen) atoms. The highest BCUT2D eigenvalue weighted by Gasteiger charge is 2.16. The molecule has 5 nitrogen and oxygen atoms in total. The Labute approximate surface area is 129 Å². The van der Waals surface area contributed by atoms with Crippen LogP contribution in [0, 0.1) is 6.92 Å². The second kappa shape index (κ2) is 6.60. The molecular weight excluding hydrogens is 284 g/mol. The molecule has 2 aromatic rings. The molecule has 0 atom stereocenters. The van der Waals surface area contributed by atoms with Gasteiger partial charge in [-0.25, -0.2) is 15.0 Å². The van der Waals surface area contributed by atoms with Crippen LogP contribution in [0.25, 0.3) is 10.7 Å². The molecule has 2 heterocycles. The molecule has 0 aromatic carbocycles. The Hall–Kier alpha value is -1.37. The molecule has 114 valence electrons. The highest BCUT2D eigenvalue weighted by atomic mass is 32.1. The van der Waals surface area contributed by atoms with E-state index in [4.69, 9.17) is 4.74 Å². The van der Waals surface area contributed by atoms with Gasteiger partial charge < -0.3 is 10.1 Å². The second-order valence-corrected chi connectivity index (χ2v) is 7.00. The van der Waals surface area contributed by atoms with Crippen LogP contribution < -0.4 is 5.32 Å². The molecule has 0 unspecified atom stereocenters. The Morgan fingerprint density at radius 2 is 2.05 bits per heavy atom. The maximum absolute atomic E-state index is 5.26. The molecule has 0 saturated carbocycles. The van der Waals surface area contributed by atoms with Gasteiger partial charge in [-0.1, -0.05) is 0 Å². The van der Waals surface area contributed by atoms with Crippen molar-refractivity contribution in [3.63, 3.8) is 0 Å². The second-order valence-electron chi connectivity index (χ2n) is 5.91. The predicted octanol–water partition coefficient (Wildman–Crippen LogP) is 2.94. The first-order chi connectivity index (χ1) is 9.89. The average molecular weight is 306 g/mol. The lowest BCUT2D eigenvalue weighted by atomic mass is 10.1. The number of nitrogens with one attached hydrogen (secondary N) is 1. The lowest BCUT2D eigenvalue weighted by Gasteiger charge is -2.20. The smallest absolute Gasteiger partial charge is 0.142 e. The van der Waals surface area contributed by atoms with Crippen molar-refractivity contribution in [2.75, 3.05) is 7.11 Å². The number of aromatic nitrogens is 3. The van der Waals surface area contributed by atoms with Gasteiger partial charge in [0.05, 0.1) is 12.3 Å². The summed E-state index contributed by atoms with van der Waals surface area (Å²) in [6, 6.07) is 1.89. The molecule has 0 aliphatic rings. The fraction of sp³-hybridized carbons (Fsp3) is 0.533. The van der Waals surface area contributed by atoms with Crippen LogP contribution in [-0.4, -0.2) is 27.6 Å². The van der Waals surface area contributed by atoms with E-state index >= 15 is 0 Å². The van der Waals surface area contributed by atoms with E-state index in [0.29, 0.717) is 6.61 Å². The number of rotatable bonds is 5. The van der Waals surface area contributed by atoms with Crippen LogP contribution in [0.5, 0.6) is 0 Å². The Bertz CT molecular complexity index is 604. The van der Waals surface area contributed by atoms with Gasteiger partial charge in [-0.2, -0.15) is 0 Å². The number of nitrogens with zero attached hydrogens (tertiary/aromatic N) is 3. The molecule has 2 rings (SSSR count). The Balaban J connectivity index is 2.28. The van der Waals surface area contributed by atoms with E-state index in [0.717, 1.165) is 28.8 Å². The third-order valence-electron chi connectivity index (χ3n) is 2.83. The fourth-order valence-electron chi connectivity index (χ4n) is 1.80. The van der Waals surface area contributed by atoms with Gasteiger partial charge in [0.2, 0.25) is 0 Å². The van der Waals surface area contributed by atoms with Crippen LogP contribution in [0.3, 0.4) is 0 Å². The maximum atomic E-state index is 5.26. The zero-order valence-electron chi connectivity index (χ0n) is 13.2. The molecule has 0 aliphatic carbocycles. The average Bonchev–Trinajstić information content (AvgIpc) is 2.79. The van der Waals surface area contributed by atoms with Gasteiger partial charge >= 0.3 is 0 Å². The van der Waals surface area contributed by atoms with Crippen molar-refractivity contribution < 1.29 is 4.74 Å². The molecule has 0 bridgehead atoms. The van der Waals surface area contributed by atoms with Gasteiger partial charge in [-0.3, -0.25) is 0 Å². The Kier molecular flexibility index (Phi) is 5.03. The van der Waals surface area contributed by atoms with Gasteiger partial charge in [0, 0.05) is 30.3 Å². The van der Waals surface area contributed by atoms with Crippen LogP contribution in [0.15, 0.2) is 12.3 Å². The minimum atomic E-state index is 0.0694. The van der Waals surface area contributed by atoms with E-state index in [-0.39, 0.29) is 5.54 Å². The van der Waals surface area contributed by atoms with Crippen molar-refractivity contribution in [1.82, 2.24) is 20.3 Å². The Morgan fingerprint density at radius 3 is 2.67 bits per heavy atom. The van der Waals surface area contributed by atoms with E-state index in [1.54, 1.807) is 24.6 Å². The van der Waals surface area contributed by atoms with E-state index in [1.807, 2.05) is 13.0 Å². The number of methoxy groups -OCH3 is 1. The van der Waals surface area contributed by atoms with E-state index in [2.05, 4.69) is 41.0 Å². The first-order valence-electron chi connectivity index (χ1n) is 6.91. The molecule has 0 radical (unpaired) electrons. The molecule has 0 aliphatic heterocycles. The summed E-state index contributed by atoms with van der Waals surface area (Å²) in [7, 11) is 1.69. The zero-order valence-corrected chi connectivity index (χ0v) is 14.0. The quantitative estimate of drug-likeness (QED) is 0.920. The van der Waals surface area contributed by atoms with Crippen molar-refractivity contribution in [3.05, 3.63) is 28.7 Å². The summed E-state index contributed by atoms with van der Waals surface area (Å²) >= 11 is 1.66. The number of thiazole rings is 1. The lowest BCUT2D eigenvalue weighted by molar-refractivity contribution is 0.181. The molecule has 6 heteroatoms. The monoisotopic (exact) mass is 306 g/mol. The van der Waals surface area contributed by atoms with Gasteiger partial charge in [-0.05, 0) is 33.8 Å². The maximum Gasteiger partial charge on any atom is 0.142 e. The minimum absolute atomic E-state index is 0.0694. The largest absolute Gasteiger partial charge is 0.378 e. The van der Waals surface area contributed by atoms with Gasteiger partial charge in [0.15, 0.2) is 0 Å². The highest BCUT2D eigenvalue weighted by molar-refractivity contribution is 7.15. The molecule has 1 N–H and O–H groups in total. The standard InChI is InChI=1S/C15H22N4OS/c1-10-16-7-6-11(18-10)14-19-12(9-20-5)13(21-14)8-17-15(2,3)4/h6-7,17H,8-9H2,1-5H3. The van der Waals surface area contributed by atoms with Crippen LogP contribution in [0.4, 0.5) is 0 Å². The third kappa shape index (κ3) is 4.56. The first kappa shape index (κ1) is 16.0. The molecule has 0 saturated heterocycles. The van der Waals surface area contributed by atoms with Gasteiger partial charge in [0.1, 0.15) is 16.5 Å². The molecule has 0 amide bonds. The first-order valence-corrected chi connectivity index (χ1v) is 7.73. The van der Waals surface area contributed by atoms with E-state index < -0.39 is 0 Å².